The van der Waals surface area contributed by atoms with Crippen molar-refractivity contribution in [2.75, 3.05) is 5.32 Å². The first-order valence-electron chi connectivity index (χ1n) is 8.45. The highest BCUT2D eigenvalue weighted by molar-refractivity contribution is 6.05. The van der Waals surface area contributed by atoms with Crippen LogP contribution in [0.4, 0.5) is 5.69 Å². The highest BCUT2D eigenvalue weighted by Crippen LogP contribution is 2.26. The summed E-state index contributed by atoms with van der Waals surface area (Å²) in [5, 5.41) is 2.95. The van der Waals surface area contributed by atoms with Crippen LogP contribution in [-0.2, 0) is 0 Å². The Morgan fingerprint density at radius 3 is 2.62 bits per heavy atom. The zero-order chi connectivity index (χ0) is 18.1. The van der Waals surface area contributed by atoms with E-state index in [-0.39, 0.29) is 5.91 Å². The summed E-state index contributed by atoms with van der Waals surface area (Å²) in [7, 11) is 0. The van der Waals surface area contributed by atoms with Gasteiger partial charge in [0.25, 0.3) is 5.91 Å². The Hall–Kier alpha value is -3.40. The van der Waals surface area contributed by atoms with E-state index in [0.29, 0.717) is 17.1 Å². The van der Waals surface area contributed by atoms with Gasteiger partial charge in [0.1, 0.15) is 5.52 Å². The van der Waals surface area contributed by atoms with Gasteiger partial charge in [-0.2, -0.15) is 0 Å². The van der Waals surface area contributed by atoms with Crippen molar-refractivity contribution in [1.29, 1.82) is 0 Å². The molecule has 1 aromatic heterocycles. The summed E-state index contributed by atoms with van der Waals surface area (Å²) in [5.74, 6) is 0.408. The van der Waals surface area contributed by atoms with Gasteiger partial charge in [-0.3, -0.25) is 4.79 Å². The second-order valence-corrected chi connectivity index (χ2v) is 6.34. The normalized spacial score (nSPS) is 10.8. The average molecular weight is 342 g/mol. The number of nitrogens with one attached hydrogen (secondary N) is 1. The van der Waals surface area contributed by atoms with Crippen LogP contribution in [0.15, 0.2) is 71.1 Å². The maximum absolute atomic E-state index is 12.6. The molecule has 0 aliphatic heterocycles. The number of hydrogen-bond donors (Lipinski definition) is 1. The Morgan fingerprint density at radius 1 is 0.962 bits per heavy atom. The van der Waals surface area contributed by atoms with Crippen LogP contribution >= 0.6 is 0 Å². The molecule has 26 heavy (non-hydrogen) atoms. The lowest BCUT2D eigenvalue weighted by Crippen LogP contribution is -2.13. The van der Waals surface area contributed by atoms with Crippen molar-refractivity contribution in [2.24, 2.45) is 0 Å². The fourth-order valence-corrected chi connectivity index (χ4v) is 2.99. The standard InChI is InChI=1S/C22H18N2O2/c1-14-10-11-18(15(2)12-14)21(25)23-17-7-5-6-16(13-17)22-24-19-8-3-4-9-20(19)26-22/h3-13H,1-2H3,(H,23,25). The molecule has 3 aromatic carbocycles. The van der Waals surface area contributed by atoms with Gasteiger partial charge >= 0.3 is 0 Å². The minimum Gasteiger partial charge on any atom is -0.436 e. The number of fused-ring (bicyclic) bond motifs is 1. The Morgan fingerprint density at radius 2 is 1.81 bits per heavy atom. The third-order valence-corrected chi connectivity index (χ3v) is 4.29. The topological polar surface area (TPSA) is 55.1 Å². The predicted octanol–water partition coefficient (Wildman–Crippen LogP) is 5.36. The van der Waals surface area contributed by atoms with Crippen LogP contribution in [0, 0.1) is 13.8 Å². The first-order chi connectivity index (χ1) is 12.6. The van der Waals surface area contributed by atoms with E-state index >= 15 is 0 Å². The monoisotopic (exact) mass is 342 g/mol. The Kier molecular flexibility index (Phi) is 4.01. The fourth-order valence-electron chi connectivity index (χ4n) is 2.99. The van der Waals surface area contributed by atoms with E-state index in [0.717, 1.165) is 27.8 Å². The summed E-state index contributed by atoms with van der Waals surface area (Å²) in [4.78, 5) is 17.1. The molecule has 0 aliphatic rings. The number of hydrogen-bond acceptors (Lipinski definition) is 3. The van der Waals surface area contributed by atoms with Gasteiger partial charge in [-0.25, -0.2) is 4.98 Å². The van der Waals surface area contributed by atoms with Gasteiger partial charge in [0, 0.05) is 16.8 Å². The summed E-state index contributed by atoms with van der Waals surface area (Å²) < 4.78 is 5.81. The van der Waals surface area contributed by atoms with Crippen LogP contribution in [0.3, 0.4) is 0 Å². The maximum atomic E-state index is 12.6. The van der Waals surface area contributed by atoms with Gasteiger partial charge < -0.3 is 9.73 Å². The Balaban J connectivity index is 1.62. The number of para-hydroxylation sites is 2. The smallest absolute Gasteiger partial charge is 0.255 e. The third kappa shape index (κ3) is 3.09. The second kappa shape index (κ2) is 6.48. The molecule has 0 radical (unpaired) electrons. The Labute approximate surface area is 151 Å². The fraction of sp³-hybridized carbons (Fsp3) is 0.0909. The molecule has 0 bridgehead atoms. The minimum absolute atomic E-state index is 0.128. The van der Waals surface area contributed by atoms with Gasteiger partial charge in [-0.15, -0.1) is 0 Å². The lowest BCUT2D eigenvalue weighted by atomic mass is 10.1. The molecule has 0 saturated carbocycles. The van der Waals surface area contributed by atoms with Gasteiger partial charge in [-0.05, 0) is 55.8 Å². The highest BCUT2D eigenvalue weighted by Gasteiger charge is 2.12. The molecule has 4 heteroatoms. The molecule has 0 atom stereocenters. The zero-order valence-electron chi connectivity index (χ0n) is 14.6. The van der Waals surface area contributed by atoms with Crippen molar-refractivity contribution in [3.05, 3.63) is 83.4 Å². The number of carbonyl (C=O) groups is 1. The number of benzene rings is 3. The summed E-state index contributed by atoms with van der Waals surface area (Å²) in [5.41, 5.74) is 5.84. The van der Waals surface area contributed by atoms with Crippen LogP contribution in [-0.4, -0.2) is 10.9 Å². The van der Waals surface area contributed by atoms with E-state index in [1.807, 2.05) is 80.6 Å². The molecule has 0 spiro atoms. The zero-order valence-corrected chi connectivity index (χ0v) is 14.6. The van der Waals surface area contributed by atoms with Crippen LogP contribution in [0.2, 0.25) is 0 Å². The number of aryl methyl sites for hydroxylation is 2. The molecule has 128 valence electrons. The quantitative estimate of drug-likeness (QED) is 0.545. The lowest BCUT2D eigenvalue weighted by molar-refractivity contribution is 0.102. The molecular weight excluding hydrogens is 324 g/mol. The minimum atomic E-state index is -0.128. The van der Waals surface area contributed by atoms with E-state index in [9.17, 15) is 4.79 Å². The molecule has 1 N–H and O–H groups in total. The van der Waals surface area contributed by atoms with Crippen molar-refractivity contribution < 1.29 is 9.21 Å². The molecule has 1 amide bonds. The first kappa shape index (κ1) is 16.1. The highest BCUT2D eigenvalue weighted by atomic mass is 16.3. The largest absolute Gasteiger partial charge is 0.436 e. The molecule has 0 saturated heterocycles. The predicted molar refractivity (Wildman–Crippen MR) is 103 cm³/mol. The van der Waals surface area contributed by atoms with Gasteiger partial charge in [0.2, 0.25) is 5.89 Å². The summed E-state index contributed by atoms with van der Waals surface area (Å²) >= 11 is 0. The summed E-state index contributed by atoms with van der Waals surface area (Å²) in [6.45, 7) is 3.95. The van der Waals surface area contributed by atoms with Crippen LogP contribution in [0.5, 0.6) is 0 Å². The van der Waals surface area contributed by atoms with Crippen molar-refractivity contribution in [2.45, 2.75) is 13.8 Å². The van der Waals surface area contributed by atoms with Crippen molar-refractivity contribution in [3.8, 4) is 11.5 Å². The molecular formula is C22H18N2O2. The van der Waals surface area contributed by atoms with Gasteiger partial charge in [-0.1, -0.05) is 35.9 Å². The first-order valence-corrected chi connectivity index (χ1v) is 8.45. The number of rotatable bonds is 3. The molecule has 0 fully saturated rings. The summed E-state index contributed by atoms with van der Waals surface area (Å²) in [6, 6.07) is 20.9. The number of amides is 1. The second-order valence-electron chi connectivity index (χ2n) is 6.34. The molecule has 1 heterocycles. The number of nitrogens with zero attached hydrogens (tertiary/aromatic N) is 1. The maximum Gasteiger partial charge on any atom is 0.255 e. The summed E-state index contributed by atoms with van der Waals surface area (Å²) in [6.07, 6.45) is 0. The molecule has 4 aromatic rings. The van der Waals surface area contributed by atoms with E-state index in [1.54, 1.807) is 0 Å². The Bertz CT molecular complexity index is 1080. The molecule has 0 unspecified atom stereocenters. The molecule has 4 nitrogen and oxygen atoms in total. The van der Waals surface area contributed by atoms with Gasteiger partial charge in [0.15, 0.2) is 5.58 Å². The van der Waals surface area contributed by atoms with Crippen molar-refractivity contribution in [3.63, 3.8) is 0 Å². The van der Waals surface area contributed by atoms with Crippen molar-refractivity contribution in [1.82, 2.24) is 4.98 Å². The van der Waals surface area contributed by atoms with Crippen LogP contribution in [0.25, 0.3) is 22.6 Å². The van der Waals surface area contributed by atoms with E-state index in [2.05, 4.69) is 10.3 Å². The van der Waals surface area contributed by atoms with Gasteiger partial charge in [0.05, 0.1) is 0 Å². The number of carbonyl (C=O) groups excluding carboxylic acids is 1. The number of anilines is 1. The third-order valence-electron chi connectivity index (χ3n) is 4.29. The number of oxazole rings is 1. The number of aromatic nitrogens is 1. The van der Waals surface area contributed by atoms with Crippen molar-refractivity contribution >= 4 is 22.7 Å². The van der Waals surface area contributed by atoms with E-state index in [1.165, 1.54) is 0 Å². The van der Waals surface area contributed by atoms with Crippen LogP contribution < -0.4 is 5.32 Å². The average Bonchev–Trinajstić information content (AvgIpc) is 3.06. The SMILES string of the molecule is Cc1ccc(C(=O)Nc2cccc(-c3nc4ccccc4o3)c2)c(C)c1. The van der Waals surface area contributed by atoms with E-state index < -0.39 is 0 Å². The van der Waals surface area contributed by atoms with Crippen LogP contribution in [0.1, 0.15) is 21.5 Å². The molecule has 0 aliphatic carbocycles. The van der Waals surface area contributed by atoms with E-state index in [4.69, 9.17) is 4.42 Å². The lowest BCUT2D eigenvalue weighted by Gasteiger charge is -2.09. The molecule has 4 rings (SSSR count).